The van der Waals surface area contributed by atoms with E-state index >= 15 is 0 Å². The maximum absolute atomic E-state index is 2.49. The molecule has 0 nitrogen and oxygen atoms in total. The van der Waals surface area contributed by atoms with E-state index in [4.69, 9.17) is 0 Å². The first-order valence-electron chi connectivity index (χ1n) is 19.4. The van der Waals surface area contributed by atoms with Crippen molar-refractivity contribution >= 4 is 0 Å². The Labute approximate surface area is 266 Å². The van der Waals surface area contributed by atoms with E-state index in [9.17, 15) is 0 Å². The van der Waals surface area contributed by atoms with Gasteiger partial charge in [0, 0.05) is 0 Å². The molecular weight excluding hydrogens is 492 g/mol. The Bertz CT molecular complexity index is 439. The van der Waals surface area contributed by atoms with Crippen LogP contribution < -0.4 is 0 Å². The molecule has 41 heavy (non-hydrogen) atoms. The van der Waals surface area contributed by atoms with Gasteiger partial charge in [-0.3, -0.25) is 0 Å². The topological polar surface area (TPSA) is 0 Å². The van der Waals surface area contributed by atoms with Crippen LogP contribution in [-0.4, -0.2) is 0 Å². The lowest BCUT2D eigenvalue weighted by atomic mass is 9.73. The third kappa shape index (κ3) is 31.2. The summed E-state index contributed by atoms with van der Waals surface area (Å²) < 4.78 is 0. The van der Waals surface area contributed by atoms with Gasteiger partial charge in [-0.15, -0.1) is 0 Å². The molecule has 0 heteroatoms. The van der Waals surface area contributed by atoms with Crippen molar-refractivity contribution in [2.24, 2.45) is 53.3 Å². The van der Waals surface area contributed by atoms with Gasteiger partial charge in [0.05, 0.1) is 0 Å². The van der Waals surface area contributed by atoms with Crippen LogP contribution in [0.5, 0.6) is 0 Å². The molecule has 0 fully saturated rings. The number of hydrogen-bond acceptors (Lipinski definition) is 0. The Hall–Kier alpha value is 0. The van der Waals surface area contributed by atoms with E-state index in [-0.39, 0.29) is 0 Å². The second-order valence-electron chi connectivity index (χ2n) is 14.5. The van der Waals surface area contributed by atoms with Crippen molar-refractivity contribution in [1.82, 2.24) is 0 Å². The zero-order valence-corrected chi connectivity index (χ0v) is 32.8. The molecule has 0 aliphatic rings. The molecule has 0 aliphatic heterocycles. The SMILES string of the molecule is CC.CCC(C)CC.CCCC(CCC)C(CC(C)CCC(C)CC)C(C)C.CCCCC(C)CC(CC)C(C)C. The number of hydrogen-bond donors (Lipinski definition) is 0. The van der Waals surface area contributed by atoms with Crippen molar-refractivity contribution in [3.05, 3.63) is 0 Å². The second kappa shape index (κ2) is 34.5. The van der Waals surface area contributed by atoms with Crippen LogP contribution in [0.15, 0.2) is 0 Å². The molecule has 0 rings (SSSR count). The molecule has 0 aromatic heterocycles. The molecule has 254 valence electrons. The minimum Gasteiger partial charge on any atom is -0.0683 e. The minimum absolute atomic E-state index is 0.851. The highest BCUT2D eigenvalue weighted by atomic mass is 14.3. The first-order chi connectivity index (χ1) is 19.4. The Kier molecular flexibility index (Phi) is 40.3. The molecule has 0 bridgehead atoms. The first-order valence-corrected chi connectivity index (χ1v) is 19.4. The summed E-state index contributed by atoms with van der Waals surface area (Å²) in [5.41, 5.74) is 0. The lowest BCUT2D eigenvalue weighted by molar-refractivity contribution is 0.180. The van der Waals surface area contributed by atoms with Crippen LogP contribution in [0, 0.1) is 53.3 Å². The summed E-state index contributed by atoms with van der Waals surface area (Å²) in [5, 5.41) is 0. The summed E-state index contributed by atoms with van der Waals surface area (Å²) in [4.78, 5) is 0. The van der Waals surface area contributed by atoms with Crippen molar-refractivity contribution in [3.63, 3.8) is 0 Å². The molecule has 5 unspecified atom stereocenters. The van der Waals surface area contributed by atoms with E-state index in [2.05, 4.69) is 104 Å². The van der Waals surface area contributed by atoms with Crippen LogP contribution in [0.3, 0.4) is 0 Å². The second-order valence-corrected chi connectivity index (χ2v) is 14.5. The Morgan fingerprint density at radius 1 is 0.366 bits per heavy atom. The van der Waals surface area contributed by atoms with Gasteiger partial charge in [0.1, 0.15) is 0 Å². The highest BCUT2D eigenvalue weighted by Crippen LogP contribution is 2.35. The predicted octanol–water partition coefficient (Wildman–Crippen LogP) is 15.7. The molecule has 0 aromatic carbocycles. The summed E-state index contributed by atoms with van der Waals surface area (Å²) in [6, 6.07) is 0. The largest absolute Gasteiger partial charge is 0.0683 e. The van der Waals surface area contributed by atoms with Gasteiger partial charge < -0.3 is 0 Å². The molecule has 0 saturated heterocycles. The van der Waals surface area contributed by atoms with Crippen molar-refractivity contribution in [2.45, 2.75) is 214 Å². The van der Waals surface area contributed by atoms with Crippen LogP contribution in [-0.2, 0) is 0 Å². The van der Waals surface area contributed by atoms with E-state index < -0.39 is 0 Å². The van der Waals surface area contributed by atoms with Gasteiger partial charge in [0.15, 0.2) is 0 Å². The molecule has 0 saturated carbocycles. The van der Waals surface area contributed by atoms with Gasteiger partial charge >= 0.3 is 0 Å². The molecule has 0 radical (unpaired) electrons. The van der Waals surface area contributed by atoms with Crippen molar-refractivity contribution in [2.75, 3.05) is 0 Å². The first kappa shape index (κ1) is 47.9. The smallest absolute Gasteiger partial charge is 0.0360 e. The van der Waals surface area contributed by atoms with E-state index in [0.29, 0.717) is 0 Å². The standard InChI is InChI=1S/C20H42.C13H28.C6H14.C2H6/c1-8-11-19(12-9-2)20(16(4)5)15-18(7)14-13-17(6)10-3;1-6-8-9-12(5)10-13(7-2)11(3)4;1-4-6(3)5-2;1-2/h16-20H,8-15H2,1-7H3;11-13H,6-10H2,1-5H3;6H,4-5H2,1-3H3;1-2H3. The fourth-order valence-electron chi connectivity index (χ4n) is 6.06. The molecule has 0 aliphatic carbocycles. The number of rotatable bonds is 21. The van der Waals surface area contributed by atoms with Crippen LogP contribution in [0.2, 0.25) is 0 Å². The molecule has 0 amide bonds. The van der Waals surface area contributed by atoms with Gasteiger partial charge in [-0.25, -0.2) is 0 Å². The molecule has 0 aromatic rings. The third-order valence-electron chi connectivity index (χ3n) is 9.92. The average Bonchev–Trinajstić information content (AvgIpc) is 2.97. The molecular formula is C41H90. The van der Waals surface area contributed by atoms with E-state index in [1.165, 1.54) is 96.3 Å². The lowest BCUT2D eigenvalue weighted by Crippen LogP contribution is -2.23. The Morgan fingerprint density at radius 2 is 0.805 bits per heavy atom. The zero-order chi connectivity index (χ0) is 32.8. The monoisotopic (exact) mass is 583 g/mol. The predicted molar refractivity (Wildman–Crippen MR) is 197 cm³/mol. The lowest BCUT2D eigenvalue weighted by Gasteiger charge is -2.32. The summed E-state index contributed by atoms with van der Waals surface area (Å²) >= 11 is 0. The minimum atomic E-state index is 0.851. The third-order valence-corrected chi connectivity index (χ3v) is 9.92. The maximum atomic E-state index is 2.49. The zero-order valence-electron chi connectivity index (χ0n) is 32.8. The fourth-order valence-corrected chi connectivity index (χ4v) is 6.06. The Balaban J connectivity index is -0.000000278. The molecule has 0 spiro atoms. The summed E-state index contributed by atoms with van der Waals surface area (Å²) in [7, 11) is 0. The normalized spacial score (nSPS) is 14.9. The van der Waals surface area contributed by atoms with E-state index in [0.717, 1.165) is 53.3 Å². The van der Waals surface area contributed by atoms with Gasteiger partial charge in [0.2, 0.25) is 0 Å². The van der Waals surface area contributed by atoms with Crippen LogP contribution >= 0.6 is 0 Å². The molecule has 5 atom stereocenters. The maximum Gasteiger partial charge on any atom is -0.0360 e. The highest BCUT2D eigenvalue weighted by Gasteiger charge is 2.25. The van der Waals surface area contributed by atoms with Crippen molar-refractivity contribution in [3.8, 4) is 0 Å². The van der Waals surface area contributed by atoms with E-state index in [1.54, 1.807) is 0 Å². The van der Waals surface area contributed by atoms with Crippen LogP contribution in [0.4, 0.5) is 0 Å². The van der Waals surface area contributed by atoms with E-state index in [1.807, 2.05) is 13.8 Å². The average molecular weight is 583 g/mol. The van der Waals surface area contributed by atoms with Gasteiger partial charge in [-0.1, -0.05) is 201 Å². The fraction of sp³-hybridized carbons (Fsp3) is 1.00. The van der Waals surface area contributed by atoms with Gasteiger partial charge in [-0.05, 0) is 66.1 Å². The van der Waals surface area contributed by atoms with Crippen LogP contribution in [0.1, 0.15) is 214 Å². The van der Waals surface area contributed by atoms with Crippen molar-refractivity contribution in [1.29, 1.82) is 0 Å². The highest BCUT2D eigenvalue weighted by molar-refractivity contribution is 4.75. The van der Waals surface area contributed by atoms with Crippen molar-refractivity contribution < 1.29 is 0 Å². The quantitative estimate of drug-likeness (QED) is 0.126. The summed E-state index contributed by atoms with van der Waals surface area (Å²) in [6.07, 6.45) is 20.9. The van der Waals surface area contributed by atoms with Gasteiger partial charge in [-0.2, -0.15) is 0 Å². The Morgan fingerprint density at radius 3 is 1.12 bits per heavy atom. The van der Waals surface area contributed by atoms with Gasteiger partial charge in [0.25, 0.3) is 0 Å². The summed E-state index contributed by atoms with van der Waals surface area (Å²) in [6.45, 7) is 39.3. The number of unbranched alkanes of at least 4 members (excludes halogenated alkanes) is 1. The summed E-state index contributed by atoms with van der Waals surface area (Å²) in [5.74, 6) is 8.28. The molecule has 0 heterocycles. The molecule has 0 N–H and O–H groups in total. The van der Waals surface area contributed by atoms with Crippen LogP contribution in [0.25, 0.3) is 0 Å².